The van der Waals surface area contributed by atoms with Gasteiger partial charge in [0.15, 0.2) is 5.76 Å². The summed E-state index contributed by atoms with van der Waals surface area (Å²) >= 11 is 0. The number of allylic oxidation sites excluding steroid dienone is 1. The molecule has 0 N–H and O–H groups in total. The molecule has 2 aliphatic heterocycles. The van der Waals surface area contributed by atoms with Crippen LogP contribution in [0.2, 0.25) is 0 Å². The number of benzene rings is 3. The Labute approximate surface area is 180 Å². The second kappa shape index (κ2) is 8.36. The van der Waals surface area contributed by atoms with Crippen LogP contribution in [0, 0.1) is 5.82 Å². The number of hydrogen-bond acceptors (Lipinski definition) is 4. The zero-order chi connectivity index (χ0) is 21.2. The molecular weight excluding hydrogens is 393 g/mol. The van der Waals surface area contributed by atoms with Gasteiger partial charge >= 0.3 is 0 Å². The largest absolute Gasteiger partial charge is 0.478 e. The molecule has 0 spiro atoms. The molecule has 5 rings (SSSR count). The molecule has 5 heteroatoms. The fourth-order valence-electron chi connectivity index (χ4n) is 4.05. The second-order valence-corrected chi connectivity index (χ2v) is 7.83. The van der Waals surface area contributed by atoms with Gasteiger partial charge in [-0.1, -0.05) is 42.5 Å². The Morgan fingerprint density at radius 2 is 1.90 bits per heavy atom. The minimum Gasteiger partial charge on any atom is -0.478 e. The lowest BCUT2D eigenvalue weighted by molar-refractivity contribution is 0.0928. The highest BCUT2D eigenvalue weighted by Crippen LogP contribution is 2.42. The van der Waals surface area contributed by atoms with Crippen LogP contribution in [-0.2, 0) is 13.0 Å². The third-order valence-electron chi connectivity index (χ3n) is 5.61. The van der Waals surface area contributed by atoms with Crippen molar-refractivity contribution in [3.63, 3.8) is 0 Å². The van der Waals surface area contributed by atoms with Crippen LogP contribution in [0.5, 0.6) is 11.5 Å². The first-order valence-electron chi connectivity index (χ1n) is 10.4. The number of carbonyl (C=O) groups is 1. The Bertz CT molecular complexity index is 1160. The monoisotopic (exact) mass is 415 g/mol. The molecule has 0 amide bonds. The van der Waals surface area contributed by atoms with Crippen molar-refractivity contribution < 1.29 is 18.7 Å². The van der Waals surface area contributed by atoms with Gasteiger partial charge < -0.3 is 9.47 Å². The molecule has 2 heterocycles. The van der Waals surface area contributed by atoms with Gasteiger partial charge in [0, 0.05) is 13.1 Å². The lowest BCUT2D eigenvalue weighted by Crippen LogP contribution is -2.33. The summed E-state index contributed by atoms with van der Waals surface area (Å²) < 4.78 is 25.4. The summed E-state index contributed by atoms with van der Waals surface area (Å²) in [5.74, 6) is 0.962. The highest BCUT2D eigenvalue weighted by atomic mass is 19.1. The average molecular weight is 415 g/mol. The van der Waals surface area contributed by atoms with Crippen molar-refractivity contribution in [3.8, 4) is 11.5 Å². The number of rotatable bonds is 5. The van der Waals surface area contributed by atoms with E-state index in [1.807, 2.05) is 12.1 Å². The standard InChI is InChI=1S/C26H22FNO3/c27-20-10-4-8-19(14-20)15-24-25(29)21-11-12-23-22(26(21)31-24)16-28(17-30-23)13-5-9-18-6-2-1-3-7-18/h1-4,6-8,10-12,14-15H,5,9,13,16-17H2/b24-15-. The van der Waals surface area contributed by atoms with Gasteiger partial charge in [-0.15, -0.1) is 0 Å². The molecule has 0 bridgehead atoms. The number of ether oxygens (including phenoxy) is 2. The van der Waals surface area contributed by atoms with E-state index in [4.69, 9.17) is 9.47 Å². The number of nitrogens with zero attached hydrogens (tertiary/aromatic N) is 1. The van der Waals surface area contributed by atoms with E-state index in [1.165, 1.54) is 17.7 Å². The summed E-state index contributed by atoms with van der Waals surface area (Å²) in [7, 11) is 0. The van der Waals surface area contributed by atoms with E-state index < -0.39 is 0 Å². The molecular formula is C26H22FNO3. The lowest BCUT2D eigenvalue weighted by Gasteiger charge is -2.29. The third-order valence-corrected chi connectivity index (χ3v) is 5.61. The van der Waals surface area contributed by atoms with Crippen LogP contribution in [0.4, 0.5) is 4.39 Å². The SMILES string of the molecule is O=C1/C(=C/c2cccc(F)c2)Oc2c1ccc1c2CN(CCCc2ccccc2)CO1. The Kier molecular flexibility index (Phi) is 5.26. The Morgan fingerprint density at radius 3 is 2.74 bits per heavy atom. The first-order valence-corrected chi connectivity index (χ1v) is 10.4. The van der Waals surface area contributed by atoms with E-state index in [0.29, 0.717) is 30.2 Å². The van der Waals surface area contributed by atoms with E-state index in [2.05, 4.69) is 29.2 Å². The van der Waals surface area contributed by atoms with Gasteiger partial charge in [-0.25, -0.2) is 4.39 Å². The molecule has 0 saturated heterocycles. The summed E-state index contributed by atoms with van der Waals surface area (Å²) in [5.41, 5.74) is 3.32. The van der Waals surface area contributed by atoms with E-state index in [9.17, 15) is 9.18 Å². The molecule has 0 radical (unpaired) electrons. The molecule has 0 aromatic heterocycles. The van der Waals surface area contributed by atoms with Gasteiger partial charge in [0.2, 0.25) is 5.78 Å². The molecule has 156 valence electrons. The van der Waals surface area contributed by atoms with Crippen LogP contribution in [0.3, 0.4) is 0 Å². The number of ketones is 1. The van der Waals surface area contributed by atoms with Crippen LogP contribution in [0.15, 0.2) is 72.5 Å². The summed E-state index contributed by atoms with van der Waals surface area (Å²) in [6.45, 7) is 2.06. The summed E-state index contributed by atoms with van der Waals surface area (Å²) in [6.07, 6.45) is 3.61. The quantitative estimate of drug-likeness (QED) is 0.535. The molecule has 0 unspecified atom stereocenters. The summed E-state index contributed by atoms with van der Waals surface area (Å²) in [4.78, 5) is 15.1. The number of Topliss-reactive ketones (excluding diaryl/α,β-unsaturated/α-hetero) is 1. The normalized spacial score (nSPS) is 16.5. The minimum absolute atomic E-state index is 0.191. The zero-order valence-corrected chi connectivity index (χ0v) is 17.0. The van der Waals surface area contributed by atoms with Gasteiger partial charge in [0.25, 0.3) is 0 Å². The third kappa shape index (κ3) is 4.09. The fraction of sp³-hybridized carbons (Fsp3) is 0.192. The molecule has 0 atom stereocenters. The molecule has 31 heavy (non-hydrogen) atoms. The predicted molar refractivity (Wildman–Crippen MR) is 116 cm³/mol. The first-order chi connectivity index (χ1) is 15.2. The van der Waals surface area contributed by atoms with Crippen molar-refractivity contribution in [3.05, 3.63) is 101 Å². The number of hydrogen-bond donors (Lipinski definition) is 0. The second-order valence-electron chi connectivity index (χ2n) is 7.83. The predicted octanol–water partition coefficient (Wildman–Crippen LogP) is 5.23. The Balaban J connectivity index is 1.32. The van der Waals surface area contributed by atoms with Crippen molar-refractivity contribution in [1.29, 1.82) is 0 Å². The zero-order valence-electron chi connectivity index (χ0n) is 17.0. The number of aryl methyl sites for hydroxylation is 1. The average Bonchev–Trinajstić information content (AvgIpc) is 3.10. The summed E-state index contributed by atoms with van der Waals surface area (Å²) in [6, 6.07) is 20.1. The maximum atomic E-state index is 13.5. The van der Waals surface area contributed by atoms with E-state index >= 15 is 0 Å². The van der Waals surface area contributed by atoms with Gasteiger partial charge in [-0.3, -0.25) is 9.69 Å². The lowest BCUT2D eigenvalue weighted by atomic mass is 10.0. The van der Waals surface area contributed by atoms with Crippen LogP contribution in [-0.4, -0.2) is 24.0 Å². The van der Waals surface area contributed by atoms with Crippen molar-refractivity contribution in [2.24, 2.45) is 0 Å². The van der Waals surface area contributed by atoms with Crippen LogP contribution < -0.4 is 9.47 Å². The van der Waals surface area contributed by atoms with E-state index in [1.54, 1.807) is 24.3 Å². The number of fused-ring (bicyclic) bond motifs is 3. The van der Waals surface area contributed by atoms with E-state index in [-0.39, 0.29) is 17.4 Å². The molecule has 3 aromatic carbocycles. The van der Waals surface area contributed by atoms with Crippen molar-refractivity contribution in [2.45, 2.75) is 19.4 Å². The molecule has 2 aliphatic rings. The maximum Gasteiger partial charge on any atom is 0.231 e. The molecule has 0 saturated carbocycles. The topological polar surface area (TPSA) is 38.8 Å². The van der Waals surface area contributed by atoms with Gasteiger partial charge in [0.05, 0.1) is 11.1 Å². The van der Waals surface area contributed by atoms with Gasteiger partial charge in [0.1, 0.15) is 24.0 Å². The smallest absolute Gasteiger partial charge is 0.231 e. The van der Waals surface area contributed by atoms with Crippen LogP contribution in [0.1, 0.15) is 33.5 Å². The maximum absolute atomic E-state index is 13.5. The van der Waals surface area contributed by atoms with Gasteiger partial charge in [-0.05, 0) is 54.3 Å². The van der Waals surface area contributed by atoms with Crippen LogP contribution in [0.25, 0.3) is 6.08 Å². The number of halogens is 1. The highest BCUT2D eigenvalue weighted by molar-refractivity contribution is 6.15. The Hall–Kier alpha value is -3.44. The molecule has 0 aliphatic carbocycles. The van der Waals surface area contributed by atoms with Crippen molar-refractivity contribution in [1.82, 2.24) is 4.90 Å². The van der Waals surface area contributed by atoms with Crippen molar-refractivity contribution in [2.75, 3.05) is 13.3 Å². The Morgan fingerprint density at radius 1 is 1.03 bits per heavy atom. The molecule has 3 aromatic rings. The number of carbonyl (C=O) groups excluding carboxylic acids is 1. The van der Waals surface area contributed by atoms with E-state index in [0.717, 1.165) is 30.7 Å². The van der Waals surface area contributed by atoms with Crippen molar-refractivity contribution >= 4 is 11.9 Å². The summed E-state index contributed by atoms with van der Waals surface area (Å²) in [5, 5.41) is 0. The van der Waals surface area contributed by atoms with Crippen LogP contribution >= 0.6 is 0 Å². The highest BCUT2D eigenvalue weighted by Gasteiger charge is 2.33. The molecule has 4 nitrogen and oxygen atoms in total. The first kappa shape index (κ1) is 19.5. The fourth-order valence-corrected chi connectivity index (χ4v) is 4.05. The van der Waals surface area contributed by atoms with Gasteiger partial charge in [-0.2, -0.15) is 0 Å². The molecule has 0 fully saturated rings. The minimum atomic E-state index is -0.353.